The number of hydrogen-bond donors (Lipinski definition) is 2. The van der Waals surface area contributed by atoms with Gasteiger partial charge in [0.1, 0.15) is 6.04 Å². The normalized spacial score (nSPS) is 11.5. The van der Waals surface area contributed by atoms with E-state index < -0.39 is 12.0 Å². The van der Waals surface area contributed by atoms with E-state index >= 15 is 0 Å². The number of nitrogens with two attached hydrogens (primary N) is 1. The Kier molecular flexibility index (Phi) is 5.03. The van der Waals surface area contributed by atoms with Crippen molar-refractivity contribution < 1.29 is 9.90 Å². The minimum atomic E-state index is -0.999. The van der Waals surface area contributed by atoms with Crippen molar-refractivity contribution in [2.24, 2.45) is 5.73 Å². The molecule has 0 aliphatic heterocycles. The molecule has 0 amide bonds. The summed E-state index contributed by atoms with van der Waals surface area (Å²) in [6.45, 7) is 0. The second-order valence-corrected chi connectivity index (χ2v) is 2.47. The number of halogens is 1. The molecule has 1 heterocycles. The molecular formula is C8H11ClN2O2. The molecule has 0 bridgehead atoms. The topological polar surface area (TPSA) is 76.2 Å². The summed E-state index contributed by atoms with van der Waals surface area (Å²) >= 11 is 0. The lowest BCUT2D eigenvalue weighted by atomic mass is 10.1. The molecule has 4 nitrogen and oxygen atoms in total. The van der Waals surface area contributed by atoms with Crippen molar-refractivity contribution in [1.29, 1.82) is 0 Å². The first-order chi connectivity index (χ1) is 5.70. The van der Waals surface area contributed by atoms with Crippen molar-refractivity contribution in [1.82, 2.24) is 4.98 Å². The maximum absolute atomic E-state index is 10.4. The summed E-state index contributed by atoms with van der Waals surface area (Å²) in [5.41, 5.74) is 6.01. The van der Waals surface area contributed by atoms with Crippen LogP contribution in [-0.2, 0) is 11.2 Å². The predicted molar refractivity (Wildman–Crippen MR) is 50.8 cm³/mol. The minimum Gasteiger partial charge on any atom is -0.480 e. The molecule has 0 aromatic carbocycles. The van der Waals surface area contributed by atoms with Crippen LogP contribution in [-0.4, -0.2) is 22.1 Å². The highest BCUT2D eigenvalue weighted by Crippen LogP contribution is 1.97. The molecule has 0 radical (unpaired) electrons. The Morgan fingerprint density at radius 1 is 1.62 bits per heavy atom. The highest BCUT2D eigenvalue weighted by atomic mass is 35.5. The predicted octanol–water partition coefficient (Wildman–Crippen LogP) is 0.458. The Morgan fingerprint density at radius 3 is 2.77 bits per heavy atom. The first-order valence-electron chi connectivity index (χ1n) is 3.58. The molecule has 0 aliphatic rings. The van der Waals surface area contributed by atoms with Crippen molar-refractivity contribution in [2.75, 3.05) is 0 Å². The van der Waals surface area contributed by atoms with Crippen molar-refractivity contribution in [3.05, 3.63) is 30.1 Å². The average Bonchev–Trinajstić information content (AvgIpc) is 2.06. The third kappa shape index (κ3) is 3.87. The molecule has 13 heavy (non-hydrogen) atoms. The molecule has 1 aromatic heterocycles. The molecule has 0 unspecified atom stereocenters. The number of nitrogens with zero attached hydrogens (tertiary/aromatic N) is 1. The summed E-state index contributed by atoms with van der Waals surface area (Å²) < 4.78 is 0. The van der Waals surface area contributed by atoms with Crippen molar-refractivity contribution >= 4 is 18.4 Å². The quantitative estimate of drug-likeness (QED) is 0.747. The van der Waals surface area contributed by atoms with Crippen LogP contribution >= 0.6 is 12.4 Å². The molecule has 5 heteroatoms. The first kappa shape index (κ1) is 11.9. The summed E-state index contributed by atoms with van der Waals surface area (Å²) in [6, 6.07) is 4.47. The van der Waals surface area contributed by atoms with Gasteiger partial charge >= 0.3 is 5.97 Å². The third-order valence-corrected chi connectivity index (χ3v) is 1.47. The van der Waals surface area contributed by atoms with Crippen LogP contribution in [0.5, 0.6) is 0 Å². The fourth-order valence-corrected chi connectivity index (χ4v) is 0.831. The van der Waals surface area contributed by atoms with Gasteiger partial charge in [-0.1, -0.05) is 6.07 Å². The molecule has 1 rings (SSSR count). The van der Waals surface area contributed by atoms with Crippen LogP contribution < -0.4 is 5.73 Å². The first-order valence-corrected chi connectivity index (χ1v) is 3.58. The molecule has 0 spiro atoms. The van der Waals surface area contributed by atoms with Gasteiger partial charge < -0.3 is 10.8 Å². The molecule has 1 aromatic rings. The average molecular weight is 203 g/mol. The highest BCUT2D eigenvalue weighted by Gasteiger charge is 2.11. The van der Waals surface area contributed by atoms with Gasteiger partial charge in [-0.05, 0) is 12.1 Å². The van der Waals surface area contributed by atoms with E-state index in [2.05, 4.69) is 4.98 Å². The molecular weight excluding hydrogens is 192 g/mol. The highest BCUT2D eigenvalue weighted by molar-refractivity contribution is 5.85. The van der Waals surface area contributed by atoms with Crippen molar-refractivity contribution in [3.63, 3.8) is 0 Å². The standard InChI is InChI=1S/C8H10N2O2.ClH/c9-7(8(11)12)5-6-3-1-2-4-10-6;/h1-4,7H,5,9H2,(H,11,12);1H/t7-;/m1./s1. The number of carbonyl (C=O) groups is 1. The van der Waals surface area contributed by atoms with E-state index in [1.54, 1.807) is 24.4 Å². The van der Waals surface area contributed by atoms with Gasteiger partial charge in [0.2, 0.25) is 0 Å². The number of aromatic nitrogens is 1. The zero-order valence-corrected chi connectivity index (χ0v) is 7.70. The number of pyridine rings is 1. The number of hydrogen-bond acceptors (Lipinski definition) is 3. The zero-order valence-electron chi connectivity index (χ0n) is 6.88. The van der Waals surface area contributed by atoms with Crippen LogP contribution in [0.4, 0.5) is 0 Å². The number of rotatable bonds is 3. The van der Waals surface area contributed by atoms with Gasteiger partial charge in [0.15, 0.2) is 0 Å². The van der Waals surface area contributed by atoms with E-state index in [4.69, 9.17) is 10.8 Å². The smallest absolute Gasteiger partial charge is 0.320 e. The number of carboxylic acid groups (broad SMARTS) is 1. The molecule has 1 atom stereocenters. The zero-order chi connectivity index (χ0) is 8.97. The molecule has 0 fully saturated rings. The van der Waals surface area contributed by atoms with Crippen molar-refractivity contribution in [2.45, 2.75) is 12.5 Å². The Morgan fingerprint density at radius 2 is 2.31 bits per heavy atom. The van der Waals surface area contributed by atoms with Crippen LogP contribution in [0.1, 0.15) is 5.69 Å². The van der Waals surface area contributed by atoms with Crippen LogP contribution in [0.25, 0.3) is 0 Å². The SMILES string of the molecule is Cl.N[C@H](Cc1ccccn1)C(=O)O. The molecule has 3 N–H and O–H groups in total. The Labute approximate surface area is 82.2 Å². The Hall–Kier alpha value is -1.13. The third-order valence-electron chi connectivity index (χ3n) is 1.47. The second kappa shape index (κ2) is 5.50. The summed E-state index contributed by atoms with van der Waals surface area (Å²) in [5.74, 6) is -0.999. The lowest BCUT2D eigenvalue weighted by Crippen LogP contribution is -2.32. The second-order valence-electron chi connectivity index (χ2n) is 2.47. The van der Waals surface area contributed by atoms with Crippen LogP contribution in [0.15, 0.2) is 24.4 Å². The van der Waals surface area contributed by atoms with Gasteiger partial charge in [0.05, 0.1) is 0 Å². The van der Waals surface area contributed by atoms with Gasteiger partial charge in [0.25, 0.3) is 0 Å². The van der Waals surface area contributed by atoms with Gasteiger partial charge in [0, 0.05) is 18.3 Å². The summed E-state index contributed by atoms with van der Waals surface area (Å²) in [4.78, 5) is 14.3. The Balaban J connectivity index is 0.00000144. The van der Waals surface area contributed by atoms with Crippen LogP contribution in [0.2, 0.25) is 0 Å². The van der Waals surface area contributed by atoms with Crippen molar-refractivity contribution in [3.8, 4) is 0 Å². The molecule has 0 aliphatic carbocycles. The fraction of sp³-hybridized carbons (Fsp3) is 0.250. The monoisotopic (exact) mass is 202 g/mol. The van der Waals surface area contributed by atoms with Gasteiger partial charge in [-0.25, -0.2) is 0 Å². The van der Waals surface area contributed by atoms with Crippen LogP contribution in [0.3, 0.4) is 0 Å². The lowest BCUT2D eigenvalue weighted by Gasteiger charge is -2.03. The van der Waals surface area contributed by atoms with E-state index in [9.17, 15) is 4.79 Å². The number of aliphatic carboxylic acids is 1. The fourth-order valence-electron chi connectivity index (χ4n) is 0.831. The van der Waals surface area contributed by atoms with E-state index in [1.165, 1.54) is 0 Å². The van der Waals surface area contributed by atoms with Gasteiger partial charge in [-0.3, -0.25) is 9.78 Å². The lowest BCUT2D eigenvalue weighted by molar-refractivity contribution is -0.138. The van der Waals surface area contributed by atoms with Crippen LogP contribution in [0, 0.1) is 0 Å². The van der Waals surface area contributed by atoms with Gasteiger partial charge in [-0.15, -0.1) is 12.4 Å². The van der Waals surface area contributed by atoms with E-state index in [1.807, 2.05) is 0 Å². The molecule has 0 saturated carbocycles. The summed E-state index contributed by atoms with van der Waals surface area (Å²) in [7, 11) is 0. The minimum absolute atomic E-state index is 0. The van der Waals surface area contributed by atoms with E-state index in [-0.39, 0.29) is 18.8 Å². The Bertz CT molecular complexity index is 266. The summed E-state index contributed by atoms with van der Waals surface area (Å²) in [6.07, 6.45) is 1.89. The summed E-state index contributed by atoms with van der Waals surface area (Å²) in [5, 5.41) is 8.49. The number of carboxylic acids is 1. The van der Waals surface area contributed by atoms with Gasteiger partial charge in [-0.2, -0.15) is 0 Å². The largest absolute Gasteiger partial charge is 0.480 e. The maximum Gasteiger partial charge on any atom is 0.320 e. The molecule has 0 saturated heterocycles. The maximum atomic E-state index is 10.4. The van der Waals surface area contributed by atoms with E-state index in [0.717, 1.165) is 0 Å². The van der Waals surface area contributed by atoms with E-state index in [0.29, 0.717) is 5.69 Å². The molecule has 72 valence electrons.